The molecular formula is C27H26N2O6S. The lowest BCUT2D eigenvalue weighted by molar-refractivity contribution is -0.132. The highest BCUT2D eigenvalue weighted by Gasteiger charge is 2.49. The van der Waals surface area contributed by atoms with Gasteiger partial charge < -0.3 is 4.74 Å². The van der Waals surface area contributed by atoms with Gasteiger partial charge in [0.1, 0.15) is 11.8 Å². The Kier molecular flexibility index (Phi) is 6.36. The van der Waals surface area contributed by atoms with Gasteiger partial charge in [0.25, 0.3) is 5.91 Å². The first-order chi connectivity index (χ1) is 17.3. The van der Waals surface area contributed by atoms with Crippen LogP contribution in [-0.2, 0) is 24.4 Å². The van der Waals surface area contributed by atoms with Crippen molar-refractivity contribution >= 4 is 44.3 Å². The van der Waals surface area contributed by atoms with E-state index in [4.69, 9.17) is 4.74 Å². The number of imide groups is 1. The Balaban J connectivity index is 1.50. The Morgan fingerprint density at radius 2 is 1.61 bits per heavy atom. The molecule has 1 unspecified atom stereocenters. The summed E-state index contributed by atoms with van der Waals surface area (Å²) in [6.07, 6.45) is 2.78. The lowest BCUT2D eigenvalue weighted by Gasteiger charge is -2.32. The fourth-order valence-corrected chi connectivity index (χ4v) is 7.00. The number of hydrogen-bond donors (Lipinski definition) is 0. The molecule has 0 spiro atoms. The van der Waals surface area contributed by atoms with Gasteiger partial charge in [-0.15, -0.1) is 0 Å². The van der Waals surface area contributed by atoms with E-state index in [1.807, 2.05) is 24.3 Å². The molecule has 1 saturated carbocycles. The minimum Gasteiger partial charge on any atom is -0.427 e. The molecule has 2 amide bonds. The molecule has 0 aromatic heterocycles. The summed E-state index contributed by atoms with van der Waals surface area (Å²) in [5, 5.41) is 1.70. The average Bonchev–Trinajstić information content (AvgIpc) is 3.47. The van der Waals surface area contributed by atoms with Crippen LogP contribution < -0.4 is 9.64 Å². The van der Waals surface area contributed by atoms with Gasteiger partial charge in [0.05, 0.1) is 17.0 Å². The van der Waals surface area contributed by atoms with Gasteiger partial charge in [-0.25, -0.2) is 13.3 Å². The summed E-state index contributed by atoms with van der Waals surface area (Å²) in [7, 11) is -4.07. The zero-order valence-electron chi connectivity index (χ0n) is 19.8. The zero-order chi connectivity index (χ0) is 25.4. The maximum absolute atomic E-state index is 14.0. The van der Waals surface area contributed by atoms with Gasteiger partial charge in [0.2, 0.25) is 15.9 Å². The van der Waals surface area contributed by atoms with Gasteiger partial charge in [-0.2, -0.15) is 4.31 Å². The number of amides is 2. The van der Waals surface area contributed by atoms with Crippen molar-refractivity contribution in [3.05, 3.63) is 66.7 Å². The standard InChI is InChI=1S/C27H26N2O6S/c1-18(30)35-23-13-11-21(12-14-23)28-26(31)17-25(27(28)32)29(22-8-4-5-9-22)36(33,34)24-15-10-19-6-2-3-7-20(19)16-24/h2-3,6-7,10-16,22,25H,4-5,8-9,17H2,1H3. The average molecular weight is 507 g/mol. The first-order valence-corrected chi connectivity index (χ1v) is 13.4. The second kappa shape index (κ2) is 9.48. The summed E-state index contributed by atoms with van der Waals surface area (Å²) in [5.74, 6) is -1.24. The number of benzene rings is 3. The topological polar surface area (TPSA) is 101 Å². The maximum atomic E-state index is 14.0. The van der Waals surface area contributed by atoms with Crippen LogP contribution in [0.25, 0.3) is 10.8 Å². The molecule has 36 heavy (non-hydrogen) atoms. The summed E-state index contributed by atoms with van der Waals surface area (Å²) in [5.41, 5.74) is 0.304. The SMILES string of the molecule is CC(=O)Oc1ccc(N2C(=O)CC(N(C3CCCC3)S(=O)(=O)c3ccc4ccccc4c3)C2=O)cc1. The van der Waals surface area contributed by atoms with Gasteiger partial charge in [-0.05, 0) is 60.0 Å². The number of carbonyl (C=O) groups excluding carboxylic acids is 3. The third-order valence-electron chi connectivity index (χ3n) is 6.77. The van der Waals surface area contributed by atoms with Crippen LogP contribution in [0, 0.1) is 0 Å². The van der Waals surface area contributed by atoms with Crippen LogP contribution in [-0.4, -0.2) is 42.6 Å². The lowest BCUT2D eigenvalue weighted by atomic mass is 10.1. The molecule has 5 rings (SSSR count). The summed E-state index contributed by atoms with van der Waals surface area (Å²) in [4.78, 5) is 38.9. The van der Waals surface area contributed by atoms with E-state index in [1.165, 1.54) is 35.5 Å². The number of ether oxygens (including phenoxy) is 1. The molecule has 3 aromatic carbocycles. The van der Waals surface area contributed by atoms with E-state index in [0.717, 1.165) is 28.5 Å². The van der Waals surface area contributed by atoms with Crippen molar-refractivity contribution < 1.29 is 27.5 Å². The number of carbonyl (C=O) groups is 3. The van der Waals surface area contributed by atoms with E-state index in [0.29, 0.717) is 18.5 Å². The van der Waals surface area contributed by atoms with Crippen molar-refractivity contribution in [3.63, 3.8) is 0 Å². The highest BCUT2D eigenvalue weighted by Crippen LogP contribution is 2.36. The second-order valence-corrected chi connectivity index (χ2v) is 11.0. The van der Waals surface area contributed by atoms with Gasteiger partial charge in [0, 0.05) is 13.0 Å². The molecule has 1 saturated heterocycles. The second-order valence-electron chi connectivity index (χ2n) is 9.16. The van der Waals surface area contributed by atoms with Crippen molar-refractivity contribution in [2.45, 2.75) is 56.0 Å². The van der Waals surface area contributed by atoms with Gasteiger partial charge >= 0.3 is 5.97 Å². The van der Waals surface area contributed by atoms with E-state index >= 15 is 0 Å². The van der Waals surface area contributed by atoms with Crippen LogP contribution in [0.2, 0.25) is 0 Å². The first kappa shape index (κ1) is 24.1. The Labute approximate surface area is 209 Å². The molecule has 8 nitrogen and oxygen atoms in total. The van der Waals surface area contributed by atoms with E-state index in [2.05, 4.69) is 0 Å². The molecule has 0 bridgehead atoms. The normalized spacial score (nSPS) is 18.9. The van der Waals surface area contributed by atoms with Crippen LogP contribution in [0.5, 0.6) is 5.75 Å². The minimum absolute atomic E-state index is 0.109. The predicted octanol–water partition coefficient (Wildman–Crippen LogP) is 4.03. The molecule has 1 aliphatic heterocycles. The molecule has 1 heterocycles. The van der Waals surface area contributed by atoms with Crippen LogP contribution in [0.4, 0.5) is 5.69 Å². The Hall–Kier alpha value is -3.56. The molecule has 0 radical (unpaired) electrons. The molecule has 2 fully saturated rings. The molecule has 0 N–H and O–H groups in total. The van der Waals surface area contributed by atoms with E-state index in [1.54, 1.807) is 18.2 Å². The van der Waals surface area contributed by atoms with Crippen molar-refractivity contribution in [3.8, 4) is 5.75 Å². The molecule has 9 heteroatoms. The van der Waals surface area contributed by atoms with E-state index in [9.17, 15) is 22.8 Å². The molecule has 2 aliphatic rings. The summed E-state index contributed by atoms with van der Waals surface area (Å²) in [6, 6.07) is 17.0. The monoisotopic (exact) mass is 506 g/mol. The summed E-state index contributed by atoms with van der Waals surface area (Å²) >= 11 is 0. The van der Waals surface area contributed by atoms with Gasteiger partial charge in [-0.1, -0.05) is 43.2 Å². The Bertz CT molecular complexity index is 1440. The third kappa shape index (κ3) is 4.40. The molecule has 1 aliphatic carbocycles. The molecular weight excluding hydrogens is 480 g/mol. The van der Waals surface area contributed by atoms with Crippen LogP contribution in [0.15, 0.2) is 71.6 Å². The Morgan fingerprint density at radius 1 is 0.944 bits per heavy atom. The number of hydrogen-bond acceptors (Lipinski definition) is 6. The number of anilines is 1. The predicted molar refractivity (Wildman–Crippen MR) is 134 cm³/mol. The molecule has 186 valence electrons. The number of rotatable bonds is 6. The van der Waals surface area contributed by atoms with Crippen LogP contribution in [0.1, 0.15) is 39.0 Å². The number of nitrogens with zero attached hydrogens (tertiary/aromatic N) is 2. The smallest absolute Gasteiger partial charge is 0.308 e. The Morgan fingerprint density at radius 3 is 2.28 bits per heavy atom. The quantitative estimate of drug-likeness (QED) is 0.284. The summed E-state index contributed by atoms with van der Waals surface area (Å²) in [6.45, 7) is 1.28. The highest BCUT2D eigenvalue weighted by atomic mass is 32.2. The van der Waals surface area contributed by atoms with E-state index < -0.39 is 33.8 Å². The minimum atomic E-state index is -4.07. The van der Waals surface area contributed by atoms with Crippen molar-refractivity contribution in [2.24, 2.45) is 0 Å². The fourth-order valence-electron chi connectivity index (χ4n) is 5.14. The maximum Gasteiger partial charge on any atom is 0.308 e. The van der Waals surface area contributed by atoms with Crippen LogP contribution >= 0.6 is 0 Å². The third-order valence-corrected chi connectivity index (χ3v) is 8.72. The van der Waals surface area contributed by atoms with Gasteiger partial charge in [-0.3, -0.25) is 14.4 Å². The molecule has 3 aromatic rings. The van der Waals surface area contributed by atoms with Crippen molar-refractivity contribution in [2.75, 3.05) is 4.90 Å². The number of sulfonamides is 1. The van der Waals surface area contributed by atoms with Crippen LogP contribution in [0.3, 0.4) is 0 Å². The fraction of sp³-hybridized carbons (Fsp3) is 0.296. The highest BCUT2D eigenvalue weighted by molar-refractivity contribution is 7.89. The van der Waals surface area contributed by atoms with Crippen molar-refractivity contribution in [1.82, 2.24) is 4.31 Å². The largest absolute Gasteiger partial charge is 0.427 e. The lowest BCUT2D eigenvalue weighted by Crippen LogP contribution is -2.49. The van der Waals surface area contributed by atoms with Crippen molar-refractivity contribution in [1.29, 1.82) is 0 Å². The zero-order valence-corrected chi connectivity index (χ0v) is 20.6. The van der Waals surface area contributed by atoms with Gasteiger partial charge in [0.15, 0.2) is 0 Å². The number of esters is 1. The molecule has 1 atom stereocenters. The van der Waals surface area contributed by atoms with E-state index in [-0.39, 0.29) is 23.1 Å². The first-order valence-electron chi connectivity index (χ1n) is 11.9. The summed E-state index contributed by atoms with van der Waals surface area (Å²) < 4.78 is 34.3. The number of fused-ring (bicyclic) bond motifs is 1.